The number of aromatic hydroxyl groups is 2. The van der Waals surface area contributed by atoms with Crippen molar-refractivity contribution in [1.82, 2.24) is 0 Å². The van der Waals surface area contributed by atoms with Gasteiger partial charge in [-0.15, -0.1) is 0 Å². The molecule has 0 heterocycles. The number of carbonyl (C=O) groups excluding carboxylic acids is 2. The van der Waals surface area contributed by atoms with Gasteiger partial charge in [0.2, 0.25) is 0 Å². The average molecular weight is 817 g/mol. The van der Waals surface area contributed by atoms with Crippen molar-refractivity contribution in [3.8, 4) is 23.0 Å². The van der Waals surface area contributed by atoms with Crippen LogP contribution in [0.15, 0.2) is 72.8 Å². The normalized spacial score (nSPS) is 22.8. The summed E-state index contributed by atoms with van der Waals surface area (Å²) in [7, 11) is 0. The second-order valence-electron chi connectivity index (χ2n) is 18.8. The van der Waals surface area contributed by atoms with Crippen LogP contribution in [0.5, 0.6) is 23.0 Å². The first kappa shape index (κ1) is 43.1. The van der Waals surface area contributed by atoms with Crippen molar-refractivity contribution in [2.24, 2.45) is 11.8 Å². The number of esters is 2. The zero-order valence-corrected chi connectivity index (χ0v) is 36.8. The molecule has 8 nitrogen and oxygen atoms in total. The highest BCUT2D eigenvalue weighted by atomic mass is 16.6. The third kappa shape index (κ3) is 9.18. The van der Waals surface area contributed by atoms with Crippen LogP contribution in [0.3, 0.4) is 0 Å². The summed E-state index contributed by atoms with van der Waals surface area (Å²) >= 11 is 0. The first-order valence-corrected chi connectivity index (χ1v) is 22.2. The van der Waals surface area contributed by atoms with Gasteiger partial charge in [0.25, 0.3) is 0 Å². The summed E-state index contributed by atoms with van der Waals surface area (Å²) in [6.45, 7) is 16.2. The van der Waals surface area contributed by atoms with Crippen LogP contribution in [0.1, 0.15) is 161 Å². The molecule has 4 aromatic rings. The summed E-state index contributed by atoms with van der Waals surface area (Å²) < 4.78 is 24.6. The van der Waals surface area contributed by atoms with Gasteiger partial charge >= 0.3 is 11.9 Å². The molecule has 0 saturated heterocycles. The summed E-state index contributed by atoms with van der Waals surface area (Å²) in [5, 5.41) is 22.3. The molecule has 0 aromatic heterocycles. The number of hydrogen-bond donors (Lipinski definition) is 2. The quantitative estimate of drug-likeness (QED) is 0.108. The van der Waals surface area contributed by atoms with E-state index in [1.165, 1.54) is 11.1 Å². The summed E-state index contributed by atoms with van der Waals surface area (Å²) in [6.07, 6.45) is 6.07. The molecular formula is C52H64O8. The molecule has 4 aliphatic carbocycles. The molecule has 2 unspecified atom stereocenters. The molecule has 0 spiro atoms. The summed E-state index contributed by atoms with van der Waals surface area (Å²) in [5.74, 6) is 1.70. The number of aryl methyl sites for hydroxylation is 2. The maximum Gasteiger partial charge on any atom is 0.344 e. The predicted octanol–water partition coefficient (Wildman–Crippen LogP) is 11.7. The highest BCUT2D eigenvalue weighted by Gasteiger charge is 2.61. The fraction of sp³-hybridized carbons (Fsp3) is 0.500. The number of benzene rings is 4. The molecule has 4 aliphatic rings. The van der Waals surface area contributed by atoms with E-state index >= 15 is 0 Å². The largest absolute Gasteiger partial charge is 0.508 e. The van der Waals surface area contributed by atoms with Gasteiger partial charge in [-0.05, 0) is 128 Å². The third-order valence-electron chi connectivity index (χ3n) is 13.5. The smallest absolute Gasteiger partial charge is 0.344 e. The van der Waals surface area contributed by atoms with Crippen LogP contribution in [0.4, 0.5) is 0 Å². The molecule has 0 radical (unpaired) electrons. The molecule has 4 aromatic carbocycles. The molecule has 8 heteroatoms. The molecule has 8 rings (SSSR count). The number of rotatable bonds is 16. The van der Waals surface area contributed by atoms with Crippen molar-refractivity contribution in [3.05, 3.63) is 117 Å². The topological polar surface area (TPSA) is 112 Å². The van der Waals surface area contributed by atoms with Crippen LogP contribution < -0.4 is 9.47 Å². The zero-order chi connectivity index (χ0) is 42.9. The minimum Gasteiger partial charge on any atom is -0.508 e. The fourth-order valence-corrected chi connectivity index (χ4v) is 10.9. The molecule has 2 atom stereocenters. The van der Waals surface area contributed by atoms with Crippen molar-refractivity contribution >= 4 is 11.9 Å². The van der Waals surface area contributed by atoms with E-state index in [9.17, 15) is 19.8 Å². The SMILES string of the molecule is CCC(c1ccc(C(C)C)cc1)c1cc(C)c(OCC(=O)OC23CC4CC(C2)CC(OC(=O)COc2cc(O)c(C(CC)c5ccc(C(C)C)cc5)cc2C)(C4)C3)cc1O. The maximum absolute atomic E-state index is 13.5. The van der Waals surface area contributed by atoms with Gasteiger partial charge in [-0.1, -0.05) is 90.1 Å². The lowest BCUT2D eigenvalue weighted by atomic mass is 9.52. The molecule has 4 saturated carbocycles. The first-order chi connectivity index (χ1) is 28.6. The van der Waals surface area contributed by atoms with Crippen LogP contribution in [0.25, 0.3) is 0 Å². The number of phenolic OH excluding ortho intramolecular Hbond substituents is 2. The van der Waals surface area contributed by atoms with Gasteiger partial charge in [0.05, 0.1) is 0 Å². The Bertz CT molecular complexity index is 2000. The Morgan fingerprint density at radius 3 is 1.28 bits per heavy atom. The number of phenols is 2. The van der Waals surface area contributed by atoms with E-state index in [0.717, 1.165) is 78.3 Å². The lowest BCUT2D eigenvalue weighted by molar-refractivity contribution is -0.232. The van der Waals surface area contributed by atoms with E-state index in [1.807, 2.05) is 26.0 Å². The Balaban J connectivity index is 0.959. The monoisotopic (exact) mass is 816 g/mol. The van der Waals surface area contributed by atoms with Crippen molar-refractivity contribution in [2.45, 2.75) is 142 Å². The zero-order valence-electron chi connectivity index (χ0n) is 36.8. The van der Waals surface area contributed by atoms with Gasteiger partial charge in [0.1, 0.15) is 34.2 Å². The van der Waals surface area contributed by atoms with Gasteiger partial charge in [-0.25, -0.2) is 9.59 Å². The van der Waals surface area contributed by atoms with E-state index in [2.05, 4.69) is 90.1 Å². The Morgan fingerprint density at radius 1 is 0.600 bits per heavy atom. The van der Waals surface area contributed by atoms with Gasteiger partial charge in [-0.3, -0.25) is 0 Å². The number of ether oxygens (including phenoxy) is 4. The Labute approximate surface area is 356 Å². The van der Waals surface area contributed by atoms with E-state index in [4.69, 9.17) is 18.9 Å². The number of carbonyl (C=O) groups is 2. The minimum atomic E-state index is -0.727. The van der Waals surface area contributed by atoms with Gasteiger partial charge in [-0.2, -0.15) is 0 Å². The molecule has 0 aliphatic heterocycles. The molecule has 2 N–H and O–H groups in total. The second-order valence-corrected chi connectivity index (χ2v) is 18.8. The maximum atomic E-state index is 13.5. The lowest BCUT2D eigenvalue weighted by Crippen LogP contribution is -2.62. The molecule has 0 amide bonds. The van der Waals surface area contributed by atoms with Gasteiger partial charge in [0, 0.05) is 41.5 Å². The van der Waals surface area contributed by atoms with Gasteiger partial charge < -0.3 is 29.2 Å². The second kappa shape index (κ2) is 17.6. The van der Waals surface area contributed by atoms with Crippen LogP contribution in [-0.2, 0) is 19.1 Å². The fourth-order valence-electron chi connectivity index (χ4n) is 10.9. The van der Waals surface area contributed by atoms with Crippen molar-refractivity contribution < 1.29 is 38.7 Å². The Hall–Kier alpha value is -4.98. The summed E-state index contributed by atoms with van der Waals surface area (Å²) in [6, 6.07) is 24.3. The molecule has 320 valence electrons. The van der Waals surface area contributed by atoms with Crippen LogP contribution >= 0.6 is 0 Å². The first-order valence-electron chi connectivity index (χ1n) is 22.2. The highest BCUT2D eigenvalue weighted by Crippen LogP contribution is 2.60. The highest BCUT2D eigenvalue weighted by molar-refractivity contribution is 5.73. The van der Waals surface area contributed by atoms with Crippen molar-refractivity contribution in [2.75, 3.05) is 13.2 Å². The average Bonchev–Trinajstić information content (AvgIpc) is 3.19. The minimum absolute atomic E-state index is 0.0227. The summed E-state index contributed by atoms with van der Waals surface area (Å²) in [4.78, 5) is 26.9. The van der Waals surface area contributed by atoms with Crippen LogP contribution in [0, 0.1) is 25.7 Å². The Morgan fingerprint density at radius 2 is 0.950 bits per heavy atom. The van der Waals surface area contributed by atoms with E-state index in [-0.39, 0.29) is 48.4 Å². The molecule has 4 fully saturated rings. The third-order valence-corrected chi connectivity index (χ3v) is 13.5. The van der Waals surface area contributed by atoms with Crippen molar-refractivity contribution in [3.63, 3.8) is 0 Å². The van der Waals surface area contributed by atoms with E-state index in [0.29, 0.717) is 29.8 Å². The molecular weight excluding hydrogens is 753 g/mol. The Kier molecular flexibility index (Phi) is 12.6. The van der Waals surface area contributed by atoms with Gasteiger partial charge in [0.15, 0.2) is 13.2 Å². The van der Waals surface area contributed by atoms with E-state index in [1.54, 1.807) is 12.1 Å². The lowest BCUT2D eigenvalue weighted by Gasteiger charge is -2.60. The predicted molar refractivity (Wildman–Crippen MR) is 234 cm³/mol. The molecule has 4 bridgehead atoms. The van der Waals surface area contributed by atoms with Crippen LogP contribution in [-0.4, -0.2) is 46.6 Å². The van der Waals surface area contributed by atoms with Crippen LogP contribution in [0.2, 0.25) is 0 Å². The van der Waals surface area contributed by atoms with Crippen molar-refractivity contribution in [1.29, 1.82) is 0 Å². The van der Waals surface area contributed by atoms with E-state index < -0.39 is 23.1 Å². The summed E-state index contributed by atoms with van der Waals surface area (Å²) in [5.41, 5.74) is 6.70. The standard InChI is InChI=1S/C52H64O8/c1-9-41(39-15-11-37(12-16-39)31(3)4)43-19-33(7)47(22-45(43)53)57-28-49(55)59-51-24-35-21-36(25-51)27-52(26-35,30-51)60-50(56)29-58-48-23-46(54)44(20-34(48)8)42(10-2)40-17-13-38(14-18-40)32(5)6/h11-20,22-23,31-32,35-36,41-42,53-54H,9-10,21,24-30H2,1-8H3. The molecule has 60 heavy (non-hydrogen) atoms. The number of hydrogen-bond acceptors (Lipinski definition) is 8.